The first kappa shape index (κ1) is 25.8. The topological polar surface area (TPSA) is 87.2 Å². The predicted octanol–water partition coefficient (Wildman–Crippen LogP) is 5.77. The van der Waals surface area contributed by atoms with Gasteiger partial charge in [-0.05, 0) is 63.8 Å². The van der Waals surface area contributed by atoms with Gasteiger partial charge < -0.3 is 25.6 Å². The number of ether oxygens (including phenoxy) is 1. The molecule has 1 aliphatic carbocycles. The van der Waals surface area contributed by atoms with E-state index in [9.17, 15) is 0 Å². The van der Waals surface area contributed by atoms with Crippen LogP contribution < -0.4 is 25.6 Å². The summed E-state index contributed by atoms with van der Waals surface area (Å²) in [4.78, 5) is 16.6. The summed E-state index contributed by atoms with van der Waals surface area (Å²) in [6.45, 7) is 6.06. The Labute approximate surface area is 214 Å². The average Bonchev–Trinajstić information content (AvgIpc) is 3.28. The van der Waals surface area contributed by atoms with Crippen LogP contribution in [0.2, 0.25) is 5.02 Å². The van der Waals surface area contributed by atoms with Gasteiger partial charge in [-0.25, -0.2) is 0 Å². The molecule has 3 N–H and O–H groups in total. The standard InChI is InChI=1S/C26H40ClN7O/c1-4-21(22-13-10-16-28-22)30-25-31-24(29-18-11-8-6-7-9-12-18)32-26(33-25)34(5-2)19-14-15-23(35-3)20(27)17-19/h14-15,17-18,21-22,28H,4-13,16H2,1-3H3,(H2,29,30,31,32,33). The van der Waals surface area contributed by atoms with Crippen LogP contribution in [0, 0.1) is 0 Å². The minimum absolute atomic E-state index is 0.268. The van der Waals surface area contributed by atoms with Gasteiger partial charge in [0.2, 0.25) is 17.8 Å². The molecule has 2 atom stereocenters. The molecule has 4 rings (SSSR count). The van der Waals surface area contributed by atoms with Crippen LogP contribution in [-0.2, 0) is 0 Å². The molecule has 2 heterocycles. The van der Waals surface area contributed by atoms with Crippen molar-refractivity contribution in [3.05, 3.63) is 23.2 Å². The molecule has 1 saturated carbocycles. The van der Waals surface area contributed by atoms with Crippen molar-refractivity contribution in [2.75, 3.05) is 35.7 Å². The number of nitrogens with one attached hydrogen (secondary N) is 3. The molecule has 1 aromatic carbocycles. The van der Waals surface area contributed by atoms with Gasteiger partial charge in [0.15, 0.2) is 0 Å². The third kappa shape index (κ3) is 6.67. The summed E-state index contributed by atoms with van der Waals surface area (Å²) < 4.78 is 5.34. The Kier molecular flexibility index (Phi) is 9.26. The summed E-state index contributed by atoms with van der Waals surface area (Å²) in [6, 6.07) is 6.86. The minimum Gasteiger partial charge on any atom is -0.495 e. The van der Waals surface area contributed by atoms with Gasteiger partial charge in [0.05, 0.1) is 12.1 Å². The van der Waals surface area contributed by atoms with Gasteiger partial charge in [-0.1, -0.05) is 44.2 Å². The molecule has 0 amide bonds. The number of rotatable bonds is 10. The maximum Gasteiger partial charge on any atom is 0.236 e. The Morgan fingerprint density at radius 1 is 1.06 bits per heavy atom. The summed E-state index contributed by atoms with van der Waals surface area (Å²) in [5.74, 6) is 2.51. The van der Waals surface area contributed by atoms with Gasteiger partial charge in [0.1, 0.15) is 5.75 Å². The van der Waals surface area contributed by atoms with E-state index in [0.717, 1.165) is 31.5 Å². The number of nitrogens with zero attached hydrogens (tertiary/aromatic N) is 4. The zero-order valence-electron chi connectivity index (χ0n) is 21.3. The lowest BCUT2D eigenvalue weighted by molar-refractivity contribution is 0.415. The van der Waals surface area contributed by atoms with Crippen molar-refractivity contribution >= 4 is 35.1 Å². The molecular weight excluding hydrogens is 462 g/mol. The highest BCUT2D eigenvalue weighted by molar-refractivity contribution is 6.32. The Balaban J connectivity index is 1.65. The predicted molar refractivity (Wildman–Crippen MR) is 144 cm³/mol. The number of halogens is 1. The third-order valence-electron chi connectivity index (χ3n) is 7.16. The van der Waals surface area contributed by atoms with Crippen LogP contribution in [0.3, 0.4) is 0 Å². The highest BCUT2D eigenvalue weighted by Gasteiger charge is 2.25. The van der Waals surface area contributed by atoms with E-state index in [-0.39, 0.29) is 6.04 Å². The lowest BCUT2D eigenvalue weighted by Gasteiger charge is -2.26. The lowest BCUT2D eigenvalue weighted by atomic mass is 10.0. The first-order valence-corrected chi connectivity index (χ1v) is 13.6. The van der Waals surface area contributed by atoms with Crippen molar-refractivity contribution < 1.29 is 4.74 Å². The minimum atomic E-state index is 0.268. The third-order valence-corrected chi connectivity index (χ3v) is 7.45. The van der Waals surface area contributed by atoms with Crippen LogP contribution >= 0.6 is 11.6 Å². The van der Waals surface area contributed by atoms with Crippen LogP contribution in [0.1, 0.15) is 71.6 Å². The van der Waals surface area contributed by atoms with Gasteiger partial charge in [-0.15, -0.1) is 0 Å². The molecule has 2 aliphatic rings. The Morgan fingerprint density at radius 2 is 1.83 bits per heavy atom. The van der Waals surface area contributed by atoms with E-state index in [2.05, 4.69) is 34.7 Å². The summed E-state index contributed by atoms with van der Waals surface area (Å²) in [7, 11) is 1.62. The second-order valence-electron chi connectivity index (χ2n) is 9.54. The van der Waals surface area contributed by atoms with Crippen LogP contribution in [0.15, 0.2) is 18.2 Å². The van der Waals surface area contributed by atoms with Gasteiger partial charge >= 0.3 is 0 Å². The molecule has 0 bridgehead atoms. The van der Waals surface area contributed by atoms with Crippen molar-refractivity contribution in [1.29, 1.82) is 0 Å². The number of hydrogen-bond donors (Lipinski definition) is 3. The fraction of sp³-hybridized carbons (Fsp3) is 0.654. The Bertz CT molecular complexity index is 945. The molecule has 192 valence electrons. The van der Waals surface area contributed by atoms with Crippen molar-refractivity contribution in [3.8, 4) is 5.75 Å². The monoisotopic (exact) mass is 501 g/mol. The van der Waals surface area contributed by atoms with Gasteiger partial charge in [0, 0.05) is 30.4 Å². The molecule has 2 aromatic rings. The summed E-state index contributed by atoms with van der Waals surface area (Å²) in [5, 5.41) is 11.4. The van der Waals surface area contributed by atoms with E-state index < -0.39 is 0 Å². The van der Waals surface area contributed by atoms with Gasteiger partial charge in [-0.3, -0.25) is 0 Å². The fourth-order valence-corrected chi connectivity index (χ4v) is 5.44. The first-order chi connectivity index (χ1) is 17.1. The van der Waals surface area contributed by atoms with Crippen molar-refractivity contribution in [1.82, 2.24) is 20.3 Å². The molecule has 2 fully saturated rings. The summed E-state index contributed by atoms with van der Waals surface area (Å²) in [5.41, 5.74) is 0.917. The normalized spacial score (nSPS) is 19.7. The van der Waals surface area contributed by atoms with Gasteiger partial charge in [0.25, 0.3) is 0 Å². The highest BCUT2D eigenvalue weighted by Crippen LogP contribution is 2.32. The first-order valence-electron chi connectivity index (χ1n) is 13.2. The zero-order valence-corrected chi connectivity index (χ0v) is 22.1. The van der Waals surface area contributed by atoms with Crippen molar-refractivity contribution in [3.63, 3.8) is 0 Å². The maximum atomic E-state index is 6.45. The molecule has 0 spiro atoms. The Morgan fingerprint density at radius 3 is 2.46 bits per heavy atom. The Hall–Kier alpha value is -2.32. The molecule has 1 saturated heterocycles. The number of aromatic nitrogens is 3. The molecule has 1 aromatic heterocycles. The molecule has 1 aliphatic heterocycles. The SMILES string of the molecule is CCC(Nc1nc(NC2CCCCCC2)nc(N(CC)c2ccc(OC)c(Cl)c2)n1)C1CCCN1. The fourth-order valence-electron chi connectivity index (χ4n) is 5.19. The van der Waals surface area contributed by atoms with Crippen molar-refractivity contribution in [2.45, 2.75) is 89.8 Å². The molecule has 2 unspecified atom stereocenters. The van der Waals surface area contributed by atoms with Crippen LogP contribution in [0.4, 0.5) is 23.5 Å². The van der Waals surface area contributed by atoms with Crippen LogP contribution in [-0.4, -0.2) is 53.3 Å². The lowest BCUT2D eigenvalue weighted by Crippen LogP contribution is -2.40. The number of benzene rings is 1. The largest absolute Gasteiger partial charge is 0.495 e. The van der Waals surface area contributed by atoms with Crippen molar-refractivity contribution in [2.24, 2.45) is 0 Å². The molecule has 0 radical (unpaired) electrons. The van der Waals surface area contributed by atoms with E-state index in [1.54, 1.807) is 7.11 Å². The number of anilines is 4. The second kappa shape index (κ2) is 12.6. The number of methoxy groups -OCH3 is 1. The van der Waals surface area contributed by atoms with E-state index in [0.29, 0.717) is 47.2 Å². The molecule has 9 heteroatoms. The smallest absolute Gasteiger partial charge is 0.236 e. The van der Waals surface area contributed by atoms with Crippen LogP contribution in [0.25, 0.3) is 0 Å². The van der Waals surface area contributed by atoms with E-state index in [1.165, 1.54) is 38.5 Å². The molecular formula is C26H40ClN7O. The summed E-state index contributed by atoms with van der Waals surface area (Å²) >= 11 is 6.45. The molecule has 35 heavy (non-hydrogen) atoms. The van der Waals surface area contributed by atoms with E-state index in [1.807, 2.05) is 18.2 Å². The molecule has 8 nitrogen and oxygen atoms in total. The van der Waals surface area contributed by atoms with E-state index in [4.69, 9.17) is 31.3 Å². The zero-order chi connectivity index (χ0) is 24.6. The highest BCUT2D eigenvalue weighted by atomic mass is 35.5. The number of hydrogen-bond acceptors (Lipinski definition) is 8. The second-order valence-corrected chi connectivity index (χ2v) is 9.95. The van der Waals surface area contributed by atoms with Crippen LogP contribution in [0.5, 0.6) is 5.75 Å². The van der Waals surface area contributed by atoms with E-state index >= 15 is 0 Å². The maximum absolute atomic E-state index is 6.45. The summed E-state index contributed by atoms with van der Waals surface area (Å²) in [6.07, 6.45) is 10.8. The quantitative estimate of drug-likeness (QED) is 0.354. The average molecular weight is 502 g/mol. The van der Waals surface area contributed by atoms with Gasteiger partial charge in [-0.2, -0.15) is 15.0 Å².